The minimum absolute atomic E-state index is 0.0211. The van der Waals surface area contributed by atoms with Crippen LogP contribution in [-0.4, -0.2) is 16.1 Å². The van der Waals surface area contributed by atoms with Crippen LogP contribution in [0.4, 0.5) is 4.39 Å². The summed E-state index contributed by atoms with van der Waals surface area (Å²) in [5.41, 5.74) is 1.12. The lowest BCUT2D eigenvalue weighted by atomic mass is 10.0. The Morgan fingerprint density at radius 3 is 2.67 bits per heavy atom. The van der Waals surface area contributed by atoms with E-state index in [1.807, 2.05) is 0 Å². The molecule has 0 bridgehead atoms. The lowest BCUT2D eigenvalue weighted by molar-refractivity contribution is 0.0699. The zero-order valence-electron chi connectivity index (χ0n) is 11.5. The van der Waals surface area contributed by atoms with Crippen molar-refractivity contribution in [3.8, 4) is 11.3 Å². The van der Waals surface area contributed by atoms with E-state index in [0.29, 0.717) is 22.8 Å². The van der Waals surface area contributed by atoms with Gasteiger partial charge in [0.25, 0.3) is 0 Å². The number of hydrogen-bond acceptors (Lipinski definition) is 3. The molecule has 0 aliphatic heterocycles. The van der Waals surface area contributed by atoms with Crippen molar-refractivity contribution < 1.29 is 18.7 Å². The highest BCUT2D eigenvalue weighted by Gasteiger charge is 2.17. The van der Waals surface area contributed by atoms with Crippen molar-refractivity contribution in [3.63, 3.8) is 0 Å². The Morgan fingerprint density at radius 1 is 1.29 bits per heavy atom. The van der Waals surface area contributed by atoms with E-state index in [-0.39, 0.29) is 16.5 Å². The Bertz CT molecular complexity index is 867. The van der Waals surface area contributed by atoms with Gasteiger partial charge in [-0.3, -0.25) is 0 Å². The lowest BCUT2D eigenvalue weighted by Gasteiger charge is -2.07. The number of aryl methyl sites for hydroxylation is 2. The standard InChI is InChI=1S/C16H12FNO3/c1-8-6-11(9(2)21-8)14-7-12(16(19)20)10-4-3-5-13(17)15(10)18-14/h3-7H,1-2H3,(H,19,20). The van der Waals surface area contributed by atoms with Crippen molar-refractivity contribution in [2.24, 2.45) is 0 Å². The molecule has 2 heterocycles. The summed E-state index contributed by atoms with van der Waals surface area (Å²) in [7, 11) is 0. The van der Waals surface area contributed by atoms with Gasteiger partial charge in [0.1, 0.15) is 22.9 Å². The molecule has 0 radical (unpaired) electrons. The molecule has 5 heteroatoms. The van der Waals surface area contributed by atoms with Crippen molar-refractivity contribution >= 4 is 16.9 Å². The number of pyridine rings is 1. The molecule has 0 saturated heterocycles. The van der Waals surface area contributed by atoms with Gasteiger partial charge in [0, 0.05) is 10.9 Å². The molecule has 4 nitrogen and oxygen atoms in total. The minimum Gasteiger partial charge on any atom is -0.478 e. The Labute approximate surface area is 119 Å². The molecule has 3 rings (SSSR count). The summed E-state index contributed by atoms with van der Waals surface area (Å²) >= 11 is 0. The average molecular weight is 285 g/mol. The third-order valence-electron chi connectivity index (χ3n) is 3.34. The highest BCUT2D eigenvalue weighted by Crippen LogP contribution is 2.29. The molecule has 1 aromatic carbocycles. The maximum atomic E-state index is 14.0. The topological polar surface area (TPSA) is 63.3 Å². The molecule has 0 amide bonds. The van der Waals surface area contributed by atoms with Gasteiger partial charge >= 0.3 is 5.97 Å². The fraction of sp³-hybridized carbons (Fsp3) is 0.125. The van der Waals surface area contributed by atoms with Crippen molar-refractivity contribution in [2.45, 2.75) is 13.8 Å². The maximum absolute atomic E-state index is 14.0. The number of fused-ring (bicyclic) bond motifs is 1. The van der Waals surface area contributed by atoms with Gasteiger partial charge in [0.15, 0.2) is 0 Å². The SMILES string of the molecule is Cc1cc(-c2cc(C(=O)O)c3cccc(F)c3n2)c(C)o1. The first kappa shape index (κ1) is 13.3. The number of para-hydroxylation sites is 1. The van der Waals surface area contributed by atoms with Crippen molar-refractivity contribution in [1.82, 2.24) is 4.98 Å². The molecule has 0 atom stereocenters. The first-order valence-corrected chi connectivity index (χ1v) is 6.37. The van der Waals surface area contributed by atoms with Gasteiger partial charge in [-0.05, 0) is 32.0 Å². The summed E-state index contributed by atoms with van der Waals surface area (Å²) in [5, 5.41) is 9.63. The maximum Gasteiger partial charge on any atom is 0.336 e. The van der Waals surface area contributed by atoms with Crippen molar-refractivity contribution in [2.75, 3.05) is 0 Å². The van der Waals surface area contributed by atoms with Crippen LogP contribution in [0, 0.1) is 19.7 Å². The minimum atomic E-state index is -1.12. The monoisotopic (exact) mass is 285 g/mol. The lowest BCUT2D eigenvalue weighted by Crippen LogP contribution is -2.01. The average Bonchev–Trinajstić information content (AvgIpc) is 2.77. The van der Waals surface area contributed by atoms with E-state index >= 15 is 0 Å². The van der Waals surface area contributed by atoms with Crippen LogP contribution >= 0.6 is 0 Å². The van der Waals surface area contributed by atoms with E-state index < -0.39 is 11.8 Å². The number of aromatic nitrogens is 1. The molecule has 21 heavy (non-hydrogen) atoms. The van der Waals surface area contributed by atoms with Crippen molar-refractivity contribution in [1.29, 1.82) is 0 Å². The van der Waals surface area contributed by atoms with E-state index in [0.717, 1.165) is 0 Å². The van der Waals surface area contributed by atoms with E-state index in [2.05, 4.69) is 4.98 Å². The van der Waals surface area contributed by atoms with Gasteiger partial charge in [0.05, 0.1) is 11.3 Å². The number of carboxylic acids is 1. The summed E-state index contributed by atoms with van der Waals surface area (Å²) in [5.74, 6) is -0.358. The van der Waals surface area contributed by atoms with Gasteiger partial charge in [0.2, 0.25) is 0 Å². The third kappa shape index (κ3) is 2.16. The molecule has 0 fully saturated rings. The number of rotatable bonds is 2. The molecule has 0 spiro atoms. The largest absolute Gasteiger partial charge is 0.478 e. The molecular weight excluding hydrogens is 273 g/mol. The fourth-order valence-corrected chi connectivity index (χ4v) is 2.41. The number of benzene rings is 1. The number of carboxylic acid groups (broad SMARTS) is 1. The molecule has 1 N–H and O–H groups in total. The van der Waals surface area contributed by atoms with E-state index in [1.54, 1.807) is 26.0 Å². The second-order valence-electron chi connectivity index (χ2n) is 4.82. The van der Waals surface area contributed by atoms with Gasteiger partial charge in [-0.2, -0.15) is 0 Å². The Morgan fingerprint density at radius 2 is 2.05 bits per heavy atom. The normalized spacial score (nSPS) is 11.0. The summed E-state index contributed by atoms with van der Waals surface area (Å²) in [6.07, 6.45) is 0. The highest BCUT2D eigenvalue weighted by molar-refractivity contribution is 6.03. The predicted octanol–water partition coefficient (Wildman–Crippen LogP) is 3.95. The molecular formula is C16H12FNO3. The summed E-state index contributed by atoms with van der Waals surface area (Å²) in [6.45, 7) is 3.55. The van der Waals surface area contributed by atoms with E-state index in [4.69, 9.17) is 4.42 Å². The van der Waals surface area contributed by atoms with Gasteiger partial charge in [-0.25, -0.2) is 14.2 Å². The quantitative estimate of drug-likeness (QED) is 0.774. The van der Waals surface area contributed by atoms with E-state index in [1.165, 1.54) is 18.2 Å². The predicted molar refractivity (Wildman–Crippen MR) is 75.8 cm³/mol. The highest BCUT2D eigenvalue weighted by atomic mass is 19.1. The summed E-state index contributed by atoms with van der Waals surface area (Å²) < 4.78 is 19.4. The Kier molecular flexibility index (Phi) is 2.97. The number of hydrogen-bond donors (Lipinski definition) is 1. The second kappa shape index (κ2) is 4.70. The van der Waals surface area contributed by atoms with Crippen LogP contribution < -0.4 is 0 Å². The number of furan rings is 1. The smallest absolute Gasteiger partial charge is 0.336 e. The number of carbonyl (C=O) groups is 1. The third-order valence-corrected chi connectivity index (χ3v) is 3.34. The van der Waals surface area contributed by atoms with Gasteiger partial charge < -0.3 is 9.52 Å². The van der Waals surface area contributed by atoms with Gasteiger partial charge in [-0.1, -0.05) is 12.1 Å². The Balaban J connectivity index is 2.37. The molecule has 106 valence electrons. The summed E-state index contributed by atoms with van der Waals surface area (Å²) in [6, 6.07) is 7.49. The second-order valence-corrected chi connectivity index (χ2v) is 4.82. The molecule has 2 aromatic heterocycles. The van der Waals surface area contributed by atoms with Crippen LogP contribution in [0.3, 0.4) is 0 Å². The fourth-order valence-electron chi connectivity index (χ4n) is 2.41. The number of nitrogens with zero attached hydrogens (tertiary/aromatic N) is 1. The van der Waals surface area contributed by atoms with Gasteiger partial charge in [-0.15, -0.1) is 0 Å². The molecule has 0 aliphatic rings. The van der Waals surface area contributed by atoms with Crippen LogP contribution in [0.5, 0.6) is 0 Å². The van der Waals surface area contributed by atoms with Crippen LogP contribution in [-0.2, 0) is 0 Å². The molecule has 3 aromatic rings. The van der Waals surface area contributed by atoms with Crippen LogP contribution in [0.1, 0.15) is 21.9 Å². The molecule has 0 aliphatic carbocycles. The summed E-state index contributed by atoms with van der Waals surface area (Å²) in [4.78, 5) is 15.7. The zero-order chi connectivity index (χ0) is 15.1. The first-order valence-electron chi connectivity index (χ1n) is 6.37. The molecule has 0 unspecified atom stereocenters. The van der Waals surface area contributed by atoms with Crippen molar-refractivity contribution in [3.05, 3.63) is 53.2 Å². The van der Waals surface area contributed by atoms with Crippen LogP contribution in [0.15, 0.2) is 34.7 Å². The van der Waals surface area contributed by atoms with Crippen LogP contribution in [0.25, 0.3) is 22.2 Å². The molecule has 0 saturated carbocycles. The van der Waals surface area contributed by atoms with E-state index in [9.17, 15) is 14.3 Å². The Hall–Kier alpha value is -2.69. The zero-order valence-corrected chi connectivity index (χ0v) is 11.5. The number of aromatic carboxylic acids is 1. The first-order chi connectivity index (χ1) is 9.97. The number of halogens is 1. The van der Waals surface area contributed by atoms with Crippen LogP contribution in [0.2, 0.25) is 0 Å².